The summed E-state index contributed by atoms with van der Waals surface area (Å²) in [5, 5.41) is 0. The van der Waals surface area contributed by atoms with Crippen LogP contribution in [0.5, 0.6) is 0 Å². The van der Waals surface area contributed by atoms with E-state index in [9.17, 15) is 12.8 Å². The predicted octanol–water partition coefficient (Wildman–Crippen LogP) is 4.12. The fourth-order valence-electron chi connectivity index (χ4n) is 1.77. The molecule has 1 aliphatic rings. The summed E-state index contributed by atoms with van der Waals surface area (Å²) < 4.78 is 48.6. The molecule has 108 valence electrons. The molecule has 0 saturated carbocycles. The molecular formula is C12H7BrFN3O2S2. The van der Waals surface area contributed by atoms with Crippen molar-refractivity contribution in [3.63, 3.8) is 0 Å². The fraction of sp³-hybridized carbons (Fsp3) is 0. The second kappa shape index (κ2) is 5.32. The highest BCUT2D eigenvalue weighted by Gasteiger charge is 2.22. The fourth-order valence-corrected chi connectivity index (χ4v) is 3.96. The Hall–Kier alpha value is -1.58. The van der Waals surface area contributed by atoms with Crippen LogP contribution < -0.4 is 4.72 Å². The molecule has 0 atom stereocenters. The van der Waals surface area contributed by atoms with Crippen molar-refractivity contribution in [3.05, 3.63) is 46.7 Å². The molecule has 0 saturated heterocycles. The van der Waals surface area contributed by atoms with E-state index in [1.165, 1.54) is 24.3 Å². The molecule has 3 rings (SSSR count). The van der Waals surface area contributed by atoms with Gasteiger partial charge in [0, 0.05) is 0 Å². The highest BCUT2D eigenvalue weighted by atomic mass is 79.9. The number of halogens is 2. The van der Waals surface area contributed by atoms with E-state index in [0.717, 1.165) is 11.4 Å². The summed E-state index contributed by atoms with van der Waals surface area (Å²) in [6.07, 6.45) is 0. The van der Waals surface area contributed by atoms with Crippen molar-refractivity contribution in [2.24, 2.45) is 8.73 Å². The lowest BCUT2D eigenvalue weighted by Crippen LogP contribution is -2.13. The first-order valence-electron chi connectivity index (χ1n) is 5.66. The third kappa shape index (κ3) is 2.76. The lowest BCUT2D eigenvalue weighted by molar-refractivity contribution is 0.601. The number of hydrogen-bond acceptors (Lipinski definition) is 4. The van der Waals surface area contributed by atoms with Crippen LogP contribution in [0.25, 0.3) is 0 Å². The minimum absolute atomic E-state index is 0.0363. The molecule has 1 heterocycles. The minimum Gasteiger partial charge on any atom is -0.280 e. The average Bonchev–Trinajstić information content (AvgIpc) is 2.90. The van der Waals surface area contributed by atoms with Crippen molar-refractivity contribution in [2.45, 2.75) is 4.90 Å². The summed E-state index contributed by atoms with van der Waals surface area (Å²) >= 11 is 3.96. The van der Waals surface area contributed by atoms with E-state index in [-0.39, 0.29) is 15.1 Å². The highest BCUT2D eigenvalue weighted by Crippen LogP contribution is 2.38. The summed E-state index contributed by atoms with van der Waals surface area (Å²) in [5.41, 5.74) is 1.09. The summed E-state index contributed by atoms with van der Waals surface area (Å²) in [7, 11) is -3.83. The standard InChI is InChI=1S/C12H7BrFN3O2S2/c13-8-6-7(4-5-9(8)14)17-21(18,19)11-3-1-2-10-12(11)16-20-15-10/h1-6,17H. The molecule has 0 bridgehead atoms. The Labute approximate surface area is 132 Å². The van der Waals surface area contributed by atoms with Gasteiger partial charge in [0.1, 0.15) is 22.1 Å². The number of nitrogens with zero attached hydrogens (tertiary/aromatic N) is 2. The molecule has 0 fully saturated rings. The number of fused-ring (bicyclic) bond motifs is 1. The summed E-state index contributed by atoms with van der Waals surface area (Å²) in [4.78, 5) is 0.0363. The number of sulfonamides is 1. The maximum Gasteiger partial charge on any atom is 0.264 e. The van der Waals surface area contributed by atoms with Crippen LogP contribution in [0.2, 0.25) is 0 Å². The number of benzene rings is 2. The molecule has 9 heteroatoms. The van der Waals surface area contributed by atoms with Crippen LogP contribution in [-0.2, 0) is 21.4 Å². The molecule has 21 heavy (non-hydrogen) atoms. The SMILES string of the molecule is O=S(=O)(Nc1ccc(F)c(Br)c1)c1cccc2c1N=S=N2. The third-order valence-corrected chi connectivity index (χ3v) is 5.27. The number of rotatable bonds is 3. The Morgan fingerprint density at radius 2 is 2.00 bits per heavy atom. The van der Waals surface area contributed by atoms with Crippen molar-refractivity contribution < 1.29 is 12.8 Å². The van der Waals surface area contributed by atoms with Gasteiger partial charge in [-0.1, -0.05) is 6.07 Å². The number of hydrogen-bond donors (Lipinski definition) is 1. The monoisotopic (exact) mass is 387 g/mol. The zero-order chi connectivity index (χ0) is 15.0. The second-order valence-corrected chi connectivity index (χ2v) is 7.16. The Morgan fingerprint density at radius 1 is 1.19 bits per heavy atom. The maximum atomic E-state index is 13.2. The molecule has 0 aliphatic carbocycles. The molecule has 0 aromatic heterocycles. The Kier molecular flexibility index (Phi) is 3.64. The Morgan fingerprint density at radius 3 is 2.76 bits per heavy atom. The molecule has 0 radical (unpaired) electrons. The van der Waals surface area contributed by atoms with Gasteiger partial charge in [0.25, 0.3) is 10.0 Å². The van der Waals surface area contributed by atoms with Crippen molar-refractivity contribution in [2.75, 3.05) is 4.72 Å². The van der Waals surface area contributed by atoms with Crippen LogP contribution in [0.4, 0.5) is 21.5 Å². The van der Waals surface area contributed by atoms with Gasteiger partial charge in [0.15, 0.2) is 0 Å². The maximum absolute atomic E-state index is 13.2. The van der Waals surface area contributed by atoms with Gasteiger partial charge in [-0.25, -0.2) is 12.8 Å². The van der Waals surface area contributed by atoms with Gasteiger partial charge in [-0.3, -0.25) is 4.72 Å². The van der Waals surface area contributed by atoms with Gasteiger partial charge in [-0.15, -0.1) is 0 Å². The van der Waals surface area contributed by atoms with Gasteiger partial charge in [-0.05, 0) is 46.3 Å². The quantitative estimate of drug-likeness (QED) is 0.734. The van der Waals surface area contributed by atoms with E-state index in [2.05, 4.69) is 29.4 Å². The topological polar surface area (TPSA) is 70.9 Å². The molecule has 0 unspecified atom stereocenters. The largest absolute Gasteiger partial charge is 0.280 e. The van der Waals surface area contributed by atoms with Gasteiger partial charge >= 0.3 is 0 Å². The molecule has 0 amide bonds. The lowest BCUT2D eigenvalue weighted by atomic mass is 10.3. The van der Waals surface area contributed by atoms with E-state index in [1.54, 1.807) is 12.1 Å². The molecule has 2 aromatic carbocycles. The second-order valence-electron chi connectivity index (χ2n) is 4.12. The van der Waals surface area contributed by atoms with E-state index < -0.39 is 15.8 Å². The van der Waals surface area contributed by atoms with Crippen LogP contribution in [-0.4, -0.2) is 8.42 Å². The number of anilines is 1. The van der Waals surface area contributed by atoms with Crippen LogP contribution in [0, 0.1) is 5.82 Å². The van der Waals surface area contributed by atoms with Crippen molar-refractivity contribution >= 4 is 54.4 Å². The molecule has 0 spiro atoms. The molecule has 2 aromatic rings. The van der Waals surface area contributed by atoms with Gasteiger partial charge in [0.2, 0.25) is 0 Å². The summed E-state index contributed by atoms with van der Waals surface area (Å²) in [6, 6.07) is 8.60. The lowest BCUT2D eigenvalue weighted by Gasteiger charge is -2.10. The third-order valence-electron chi connectivity index (χ3n) is 2.71. The molecular weight excluding hydrogens is 381 g/mol. The summed E-state index contributed by atoms with van der Waals surface area (Å²) in [6.45, 7) is 0. The summed E-state index contributed by atoms with van der Waals surface area (Å²) in [5.74, 6) is -0.469. The predicted molar refractivity (Wildman–Crippen MR) is 82.9 cm³/mol. The van der Waals surface area contributed by atoms with Crippen LogP contribution in [0.15, 0.2) is 54.5 Å². The van der Waals surface area contributed by atoms with E-state index in [1.807, 2.05) is 0 Å². The molecule has 1 aliphatic heterocycles. The van der Waals surface area contributed by atoms with Crippen molar-refractivity contribution in [3.8, 4) is 0 Å². The van der Waals surface area contributed by atoms with E-state index >= 15 is 0 Å². The average molecular weight is 388 g/mol. The van der Waals surface area contributed by atoms with Crippen molar-refractivity contribution in [1.29, 1.82) is 0 Å². The number of nitrogens with one attached hydrogen (secondary N) is 1. The van der Waals surface area contributed by atoms with E-state index in [4.69, 9.17) is 0 Å². The first-order chi connectivity index (χ1) is 9.97. The first-order valence-corrected chi connectivity index (χ1v) is 8.67. The normalized spacial score (nSPS) is 12.9. The van der Waals surface area contributed by atoms with Crippen LogP contribution >= 0.6 is 15.9 Å². The zero-order valence-electron chi connectivity index (χ0n) is 10.2. The van der Waals surface area contributed by atoms with Crippen LogP contribution in [0.1, 0.15) is 0 Å². The first kappa shape index (κ1) is 14.4. The molecule has 5 nitrogen and oxygen atoms in total. The van der Waals surface area contributed by atoms with Gasteiger partial charge in [-0.2, -0.15) is 8.73 Å². The smallest absolute Gasteiger partial charge is 0.264 e. The van der Waals surface area contributed by atoms with Crippen molar-refractivity contribution in [1.82, 2.24) is 0 Å². The van der Waals surface area contributed by atoms with Gasteiger partial charge < -0.3 is 0 Å². The Bertz CT molecular complexity index is 909. The molecule has 1 N–H and O–H groups in total. The zero-order valence-corrected chi connectivity index (χ0v) is 13.5. The van der Waals surface area contributed by atoms with E-state index in [0.29, 0.717) is 11.4 Å². The van der Waals surface area contributed by atoms with Crippen LogP contribution in [0.3, 0.4) is 0 Å². The van der Waals surface area contributed by atoms with Gasteiger partial charge in [0.05, 0.1) is 21.5 Å². The Balaban J connectivity index is 2.00. The highest BCUT2D eigenvalue weighted by molar-refractivity contribution is 9.10. The minimum atomic E-state index is -3.83.